The minimum Gasteiger partial charge on any atom is -0.348 e. The third kappa shape index (κ3) is 2.33. The van der Waals surface area contributed by atoms with Crippen LogP contribution in [0.5, 0.6) is 0 Å². The van der Waals surface area contributed by atoms with Crippen LogP contribution in [0.15, 0.2) is 12.4 Å². The van der Waals surface area contributed by atoms with Gasteiger partial charge in [-0.2, -0.15) is 5.10 Å². The fourth-order valence-corrected chi connectivity index (χ4v) is 2.41. The van der Waals surface area contributed by atoms with Crippen molar-refractivity contribution in [1.82, 2.24) is 19.7 Å². The van der Waals surface area contributed by atoms with Gasteiger partial charge in [-0.15, -0.1) is 0 Å². The van der Waals surface area contributed by atoms with Crippen LogP contribution in [0.25, 0.3) is 0 Å². The Kier molecular flexibility index (Phi) is 3.84. The maximum atomic E-state index is 4.75. The number of aryl methyl sites for hydroxylation is 1. The zero-order valence-electron chi connectivity index (χ0n) is 11.7. The Labute approximate surface area is 108 Å². The highest BCUT2D eigenvalue weighted by atomic mass is 15.3. The zero-order valence-corrected chi connectivity index (χ0v) is 11.7. The first kappa shape index (κ1) is 12.9. The fourth-order valence-electron chi connectivity index (χ4n) is 2.41. The van der Waals surface area contributed by atoms with Gasteiger partial charge in [0.05, 0.1) is 5.69 Å². The van der Waals surface area contributed by atoms with Gasteiger partial charge in [0.2, 0.25) is 0 Å². The molecule has 0 spiro atoms. The van der Waals surface area contributed by atoms with Crippen LogP contribution in [-0.2, 0) is 19.3 Å². The second-order valence-electron chi connectivity index (χ2n) is 4.83. The summed E-state index contributed by atoms with van der Waals surface area (Å²) in [5.74, 6) is 1.02. The van der Waals surface area contributed by atoms with Gasteiger partial charge in [0.1, 0.15) is 5.82 Å². The van der Waals surface area contributed by atoms with Crippen molar-refractivity contribution >= 4 is 0 Å². The van der Waals surface area contributed by atoms with Crippen LogP contribution >= 0.6 is 0 Å². The molecule has 0 atom stereocenters. The number of nitrogens with one attached hydrogen (secondary N) is 1. The minimum absolute atomic E-state index is 0.413. The van der Waals surface area contributed by atoms with Crippen LogP contribution in [0, 0.1) is 0 Å². The van der Waals surface area contributed by atoms with E-state index >= 15 is 0 Å². The highest BCUT2D eigenvalue weighted by molar-refractivity contribution is 5.30. The van der Waals surface area contributed by atoms with Crippen molar-refractivity contribution in [3.63, 3.8) is 0 Å². The van der Waals surface area contributed by atoms with E-state index in [9.17, 15) is 0 Å². The van der Waals surface area contributed by atoms with Gasteiger partial charge < -0.3 is 4.98 Å². The summed E-state index contributed by atoms with van der Waals surface area (Å²) in [4.78, 5) is 7.50. The molecule has 0 amide bonds. The van der Waals surface area contributed by atoms with Crippen LogP contribution in [0.2, 0.25) is 0 Å². The van der Waals surface area contributed by atoms with E-state index in [1.807, 2.05) is 6.20 Å². The monoisotopic (exact) mass is 246 g/mol. The van der Waals surface area contributed by atoms with Gasteiger partial charge in [0.25, 0.3) is 0 Å². The first-order chi connectivity index (χ1) is 8.67. The second-order valence-corrected chi connectivity index (χ2v) is 4.83. The first-order valence-electron chi connectivity index (χ1n) is 6.74. The van der Waals surface area contributed by atoms with E-state index in [2.05, 4.69) is 42.3 Å². The van der Waals surface area contributed by atoms with Gasteiger partial charge in [-0.05, 0) is 26.7 Å². The summed E-state index contributed by atoms with van der Waals surface area (Å²) in [6, 6.07) is 0.413. The molecule has 4 nitrogen and oxygen atoms in total. The molecule has 2 aromatic rings. The van der Waals surface area contributed by atoms with Crippen LogP contribution in [-0.4, -0.2) is 19.7 Å². The van der Waals surface area contributed by atoms with Crippen molar-refractivity contribution in [1.29, 1.82) is 0 Å². The Balaban J connectivity index is 2.43. The van der Waals surface area contributed by atoms with Crippen LogP contribution in [0.3, 0.4) is 0 Å². The molecule has 0 aliphatic rings. The molecule has 0 saturated heterocycles. The number of H-pyrrole nitrogens is 1. The fraction of sp³-hybridized carbons (Fsp3) is 0.571. The van der Waals surface area contributed by atoms with Crippen molar-refractivity contribution in [2.75, 3.05) is 0 Å². The van der Waals surface area contributed by atoms with Crippen LogP contribution in [0.4, 0.5) is 0 Å². The number of imidazole rings is 1. The molecule has 0 saturated carbocycles. The van der Waals surface area contributed by atoms with E-state index in [1.165, 1.54) is 17.0 Å². The van der Waals surface area contributed by atoms with Crippen molar-refractivity contribution in [2.24, 2.45) is 0 Å². The standard InChI is InChI=1S/C14H22N4/c1-5-12-11(9-14-15-7-8-16-14)13(6-2)18(17-12)10(3)4/h7-8,10H,5-6,9H2,1-4H3,(H,15,16). The Bertz CT molecular complexity index is 494. The van der Waals surface area contributed by atoms with Gasteiger partial charge in [0.15, 0.2) is 0 Å². The number of nitrogens with zero attached hydrogens (tertiary/aromatic N) is 3. The lowest BCUT2D eigenvalue weighted by molar-refractivity contribution is 0.506. The molecular weight excluding hydrogens is 224 g/mol. The molecule has 98 valence electrons. The minimum atomic E-state index is 0.413. The maximum absolute atomic E-state index is 4.75. The third-order valence-electron chi connectivity index (χ3n) is 3.26. The van der Waals surface area contributed by atoms with Gasteiger partial charge in [0, 0.05) is 36.1 Å². The van der Waals surface area contributed by atoms with Crippen molar-refractivity contribution in [2.45, 2.75) is 53.0 Å². The summed E-state index contributed by atoms with van der Waals surface area (Å²) < 4.78 is 2.16. The normalized spacial score (nSPS) is 11.4. The zero-order chi connectivity index (χ0) is 13.1. The molecule has 0 aliphatic carbocycles. The number of rotatable bonds is 5. The number of hydrogen-bond acceptors (Lipinski definition) is 2. The van der Waals surface area contributed by atoms with Crippen LogP contribution in [0.1, 0.15) is 56.5 Å². The lowest BCUT2D eigenvalue weighted by Crippen LogP contribution is -2.08. The number of hydrogen-bond donors (Lipinski definition) is 1. The topological polar surface area (TPSA) is 46.5 Å². The molecule has 0 bridgehead atoms. The summed E-state index contributed by atoms with van der Waals surface area (Å²) >= 11 is 0. The molecule has 0 fully saturated rings. The SMILES string of the molecule is CCc1nn(C(C)C)c(CC)c1Cc1ncc[nH]1. The summed E-state index contributed by atoms with van der Waals surface area (Å²) in [7, 11) is 0. The molecule has 18 heavy (non-hydrogen) atoms. The number of aromatic amines is 1. The molecule has 2 heterocycles. The predicted octanol–water partition coefficient (Wildman–Crippen LogP) is 2.90. The average Bonchev–Trinajstić information content (AvgIpc) is 2.96. The van der Waals surface area contributed by atoms with Gasteiger partial charge in [-0.25, -0.2) is 4.98 Å². The maximum Gasteiger partial charge on any atom is 0.110 e. The molecule has 2 rings (SSSR count). The van der Waals surface area contributed by atoms with Crippen molar-refractivity contribution in [3.8, 4) is 0 Å². The molecule has 0 aromatic carbocycles. The predicted molar refractivity (Wildman–Crippen MR) is 72.8 cm³/mol. The van der Waals surface area contributed by atoms with E-state index in [0.29, 0.717) is 6.04 Å². The summed E-state index contributed by atoms with van der Waals surface area (Å²) in [6.07, 6.45) is 6.52. The van der Waals surface area contributed by atoms with E-state index in [4.69, 9.17) is 5.10 Å². The van der Waals surface area contributed by atoms with Gasteiger partial charge in [-0.1, -0.05) is 13.8 Å². The Morgan fingerprint density at radius 3 is 2.56 bits per heavy atom. The Morgan fingerprint density at radius 2 is 2.06 bits per heavy atom. The third-order valence-corrected chi connectivity index (χ3v) is 3.26. The molecular formula is C14H22N4. The lowest BCUT2D eigenvalue weighted by atomic mass is 10.1. The summed E-state index contributed by atoms with van der Waals surface area (Å²) in [5, 5.41) is 4.75. The molecule has 1 N–H and O–H groups in total. The molecule has 0 radical (unpaired) electrons. The largest absolute Gasteiger partial charge is 0.348 e. The highest BCUT2D eigenvalue weighted by Gasteiger charge is 2.17. The first-order valence-corrected chi connectivity index (χ1v) is 6.74. The van der Waals surface area contributed by atoms with E-state index in [0.717, 1.165) is 25.1 Å². The Morgan fingerprint density at radius 1 is 1.28 bits per heavy atom. The van der Waals surface area contributed by atoms with Gasteiger partial charge in [-0.3, -0.25) is 4.68 Å². The van der Waals surface area contributed by atoms with Crippen molar-refractivity contribution < 1.29 is 0 Å². The smallest absolute Gasteiger partial charge is 0.110 e. The molecule has 4 heteroatoms. The van der Waals surface area contributed by atoms with Crippen LogP contribution < -0.4 is 0 Å². The summed E-state index contributed by atoms with van der Waals surface area (Å²) in [6.45, 7) is 8.73. The van der Waals surface area contributed by atoms with E-state index in [1.54, 1.807) is 6.20 Å². The quantitative estimate of drug-likeness (QED) is 0.881. The second kappa shape index (κ2) is 5.38. The Hall–Kier alpha value is -1.58. The van der Waals surface area contributed by atoms with E-state index in [-0.39, 0.29) is 0 Å². The molecule has 0 aliphatic heterocycles. The van der Waals surface area contributed by atoms with Crippen molar-refractivity contribution in [3.05, 3.63) is 35.2 Å². The number of aromatic nitrogens is 4. The average molecular weight is 246 g/mol. The van der Waals surface area contributed by atoms with E-state index < -0.39 is 0 Å². The highest BCUT2D eigenvalue weighted by Crippen LogP contribution is 2.21. The molecule has 2 aromatic heterocycles. The molecule has 0 unspecified atom stereocenters. The van der Waals surface area contributed by atoms with Gasteiger partial charge >= 0.3 is 0 Å². The summed E-state index contributed by atoms with van der Waals surface area (Å²) in [5.41, 5.74) is 3.90. The lowest BCUT2D eigenvalue weighted by Gasteiger charge is -2.10.